The standard InChI is InChI=1S/C18H18N4O3S/c1-18(2)15(23)22(16(26)20-18)13-9-10-14(19-11-13)25-17(24)21(3)12-7-5-4-6-8-12/h4-11H,1-3H3,(H,20,26). The SMILES string of the molecule is CN(C(=O)Oc1ccc(N2C(=O)C(C)(C)NC2=S)cn1)c1ccccc1. The lowest BCUT2D eigenvalue weighted by Crippen LogP contribution is -2.40. The first-order valence-electron chi connectivity index (χ1n) is 7.93. The Hall–Kier alpha value is -3.00. The fraction of sp³-hybridized carbons (Fsp3) is 0.222. The van der Waals surface area contributed by atoms with E-state index < -0.39 is 11.6 Å². The lowest BCUT2D eigenvalue weighted by atomic mass is 10.1. The molecule has 2 heterocycles. The van der Waals surface area contributed by atoms with Crippen LogP contribution in [0.1, 0.15) is 13.8 Å². The van der Waals surface area contributed by atoms with E-state index in [0.29, 0.717) is 16.5 Å². The number of amides is 2. The first-order chi connectivity index (χ1) is 12.3. The summed E-state index contributed by atoms with van der Waals surface area (Å²) >= 11 is 5.21. The molecule has 3 rings (SSSR count). The molecule has 0 atom stereocenters. The zero-order chi connectivity index (χ0) is 18.9. The number of nitrogens with zero attached hydrogens (tertiary/aromatic N) is 3. The van der Waals surface area contributed by atoms with Crippen LogP contribution in [0.15, 0.2) is 48.7 Å². The zero-order valence-corrected chi connectivity index (χ0v) is 15.4. The van der Waals surface area contributed by atoms with Crippen molar-refractivity contribution < 1.29 is 14.3 Å². The predicted octanol–water partition coefficient (Wildman–Crippen LogP) is 2.72. The van der Waals surface area contributed by atoms with Crippen LogP contribution in [-0.4, -0.2) is 34.7 Å². The summed E-state index contributed by atoms with van der Waals surface area (Å²) in [6.45, 7) is 3.51. The van der Waals surface area contributed by atoms with Gasteiger partial charge in [0.05, 0.1) is 11.9 Å². The summed E-state index contributed by atoms with van der Waals surface area (Å²) in [5, 5.41) is 3.27. The highest BCUT2D eigenvalue weighted by atomic mass is 32.1. The quantitative estimate of drug-likeness (QED) is 0.838. The Bertz CT molecular complexity index is 852. The van der Waals surface area contributed by atoms with Crippen LogP contribution in [0.2, 0.25) is 0 Å². The van der Waals surface area contributed by atoms with Gasteiger partial charge in [-0.3, -0.25) is 14.6 Å². The van der Waals surface area contributed by atoms with Gasteiger partial charge in [0.2, 0.25) is 5.88 Å². The van der Waals surface area contributed by atoms with E-state index in [1.807, 2.05) is 18.2 Å². The summed E-state index contributed by atoms with van der Waals surface area (Å²) in [7, 11) is 1.61. The molecule has 0 bridgehead atoms. The number of pyridine rings is 1. The minimum absolute atomic E-state index is 0.131. The zero-order valence-electron chi connectivity index (χ0n) is 14.6. The molecule has 1 N–H and O–H groups in total. The topological polar surface area (TPSA) is 74.8 Å². The van der Waals surface area contributed by atoms with Gasteiger partial charge < -0.3 is 10.1 Å². The molecule has 26 heavy (non-hydrogen) atoms. The summed E-state index contributed by atoms with van der Waals surface area (Å²) in [5.74, 6) is -0.0378. The van der Waals surface area contributed by atoms with Crippen LogP contribution in [0, 0.1) is 0 Å². The van der Waals surface area contributed by atoms with Gasteiger partial charge in [-0.05, 0) is 44.3 Å². The largest absolute Gasteiger partial charge is 0.420 e. The Morgan fingerprint density at radius 2 is 1.92 bits per heavy atom. The second-order valence-corrected chi connectivity index (χ2v) is 6.70. The maximum absolute atomic E-state index is 12.4. The average Bonchev–Trinajstić information content (AvgIpc) is 2.83. The van der Waals surface area contributed by atoms with E-state index in [1.54, 1.807) is 39.1 Å². The van der Waals surface area contributed by atoms with Crippen molar-refractivity contribution in [3.63, 3.8) is 0 Å². The molecule has 2 amide bonds. The summed E-state index contributed by atoms with van der Waals surface area (Å²) in [6, 6.07) is 12.3. The van der Waals surface area contributed by atoms with Crippen LogP contribution >= 0.6 is 12.2 Å². The monoisotopic (exact) mass is 370 g/mol. The highest BCUT2D eigenvalue weighted by Gasteiger charge is 2.42. The molecule has 2 aromatic rings. The van der Waals surface area contributed by atoms with Gasteiger partial charge in [0.15, 0.2) is 5.11 Å². The van der Waals surface area contributed by atoms with Crippen molar-refractivity contribution in [1.29, 1.82) is 0 Å². The lowest BCUT2D eigenvalue weighted by molar-refractivity contribution is -0.120. The fourth-order valence-corrected chi connectivity index (χ4v) is 2.91. The first-order valence-corrected chi connectivity index (χ1v) is 8.34. The molecule has 1 aromatic heterocycles. The Balaban J connectivity index is 1.71. The van der Waals surface area contributed by atoms with Gasteiger partial charge in [0.1, 0.15) is 5.54 Å². The van der Waals surface area contributed by atoms with E-state index in [4.69, 9.17) is 17.0 Å². The third-order valence-electron chi connectivity index (χ3n) is 3.95. The van der Waals surface area contributed by atoms with Crippen molar-refractivity contribution in [3.05, 3.63) is 48.7 Å². The number of carbonyl (C=O) groups excluding carboxylic acids is 2. The van der Waals surface area contributed by atoms with Crippen molar-refractivity contribution in [1.82, 2.24) is 10.3 Å². The second-order valence-electron chi connectivity index (χ2n) is 6.31. The number of ether oxygens (including phenoxy) is 1. The van der Waals surface area contributed by atoms with E-state index in [9.17, 15) is 9.59 Å². The molecule has 1 aliphatic heterocycles. The van der Waals surface area contributed by atoms with E-state index >= 15 is 0 Å². The van der Waals surface area contributed by atoms with E-state index in [-0.39, 0.29) is 11.8 Å². The summed E-state index contributed by atoms with van der Waals surface area (Å²) in [6.07, 6.45) is 0.880. The molecule has 1 aliphatic rings. The van der Waals surface area contributed by atoms with Crippen LogP contribution in [0.5, 0.6) is 5.88 Å². The maximum atomic E-state index is 12.4. The van der Waals surface area contributed by atoms with Crippen molar-refractivity contribution >= 4 is 40.7 Å². The van der Waals surface area contributed by atoms with E-state index in [1.165, 1.54) is 22.1 Å². The first kappa shape index (κ1) is 17.8. The molecule has 1 fully saturated rings. The van der Waals surface area contributed by atoms with Gasteiger partial charge in [-0.25, -0.2) is 9.78 Å². The third kappa shape index (κ3) is 3.36. The summed E-state index contributed by atoms with van der Waals surface area (Å²) in [4.78, 5) is 31.5. The number of para-hydroxylation sites is 1. The number of hydrogen-bond acceptors (Lipinski definition) is 5. The van der Waals surface area contributed by atoms with Gasteiger partial charge in [0.25, 0.3) is 5.91 Å². The Kier molecular flexibility index (Phi) is 4.60. The number of carbonyl (C=O) groups is 2. The normalized spacial score (nSPS) is 15.6. The molecule has 134 valence electrons. The molecule has 0 unspecified atom stereocenters. The van der Waals surface area contributed by atoms with Gasteiger partial charge >= 0.3 is 6.09 Å². The Morgan fingerprint density at radius 3 is 2.46 bits per heavy atom. The van der Waals surface area contributed by atoms with Crippen LogP contribution in [0.25, 0.3) is 0 Å². The van der Waals surface area contributed by atoms with Crippen LogP contribution in [0.4, 0.5) is 16.2 Å². The predicted molar refractivity (Wildman–Crippen MR) is 102 cm³/mol. The number of rotatable bonds is 3. The Labute approximate surface area is 156 Å². The molecule has 1 aromatic carbocycles. The van der Waals surface area contributed by atoms with Gasteiger partial charge in [-0.1, -0.05) is 18.2 Å². The summed E-state index contributed by atoms with van der Waals surface area (Å²) in [5.41, 5.74) is 0.449. The highest BCUT2D eigenvalue weighted by Crippen LogP contribution is 2.25. The molecular weight excluding hydrogens is 352 g/mol. The van der Waals surface area contributed by atoms with Crippen molar-refractivity contribution in [2.24, 2.45) is 0 Å². The molecule has 0 radical (unpaired) electrons. The number of thiocarbonyl (C=S) groups is 1. The minimum atomic E-state index is -0.763. The molecule has 0 saturated carbocycles. The van der Waals surface area contributed by atoms with Crippen LogP contribution < -0.4 is 19.9 Å². The number of anilines is 2. The fourth-order valence-electron chi connectivity index (χ4n) is 2.46. The molecule has 0 spiro atoms. The molecule has 1 saturated heterocycles. The lowest BCUT2D eigenvalue weighted by Gasteiger charge is -2.18. The summed E-state index contributed by atoms with van der Waals surface area (Å²) < 4.78 is 5.27. The van der Waals surface area contributed by atoms with Gasteiger partial charge in [-0.15, -0.1) is 0 Å². The van der Waals surface area contributed by atoms with Crippen LogP contribution in [-0.2, 0) is 4.79 Å². The average molecular weight is 370 g/mol. The Morgan fingerprint density at radius 1 is 1.23 bits per heavy atom. The minimum Gasteiger partial charge on any atom is -0.391 e. The maximum Gasteiger partial charge on any atom is 0.420 e. The van der Waals surface area contributed by atoms with E-state index in [0.717, 1.165) is 0 Å². The van der Waals surface area contributed by atoms with Crippen molar-refractivity contribution in [2.45, 2.75) is 19.4 Å². The molecular formula is C18H18N4O3S. The second kappa shape index (κ2) is 6.72. The smallest absolute Gasteiger partial charge is 0.391 e. The van der Waals surface area contributed by atoms with Crippen molar-refractivity contribution in [2.75, 3.05) is 16.8 Å². The van der Waals surface area contributed by atoms with Crippen molar-refractivity contribution in [3.8, 4) is 5.88 Å². The number of hydrogen-bond donors (Lipinski definition) is 1. The number of nitrogens with one attached hydrogen (secondary N) is 1. The third-order valence-corrected chi connectivity index (χ3v) is 4.23. The highest BCUT2D eigenvalue weighted by molar-refractivity contribution is 7.80. The molecule has 7 nitrogen and oxygen atoms in total. The van der Waals surface area contributed by atoms with Gasteiger partial charge in [-0.2, -0.15) is 0 Å². The molecule has 0 aliphatic carbocycles. The van der Waals surface area contributed by atoms with Crippen LogP contribution in [0.3, 0.4) is 0 Å². The van der Waals surface area contributed by atoms with E-state index in [2.05, 4.69) is 10.3 Å². The number of aromatic nitrogens is 1. The van der Waals surface area contributed by atoms with Gasteiger partial charge in [0, 0.05) is 18.8 Å². The number of benzene rings is 1. The molecule has 8 heteroatoms.